The highest BCUT2D eigenvalue weighted by atomic mass is 16.6. The molecule has 3 N–H and O–H groups in total. The minimum Gasteiger partial charge on any atom is -0.446 e. The molecule has 3 aromatic rings. The van der Waals surface area contributed by atoms with Crippen LogP contribution in [0.4, 0.5) is 16.4 Å². The van der Waals surface area contributed by atoms with Gasteiger partial charge in [-0.2, -0.15) is 10.2 Å². The van der Waals surface area contributed by atoms with Gasteiger partial charge in [-0.3, -0.25) is 5.10 Å². The number of hydrogen-bond acceptors (Lipinski definition) is 6. The Balaban J connectivity index is 1.38. The van der Waals surface area contributed by atoms with E-state index in [0.717, 1.165) is 30.5 Å². The number of alkyl carbamates (subject to hydrolysis) is 1. The molecular formula is C18H23N7O2. The van der Waals surface area contributed by atoms with Crippen LogP contribution in [0.2, 0.25) is 0 Å². The number of H-pyrrole nitrogens is 1. The molecule has 1 aliphatic rings. The van der Waals surface area contributed by atoms with Crippen molar-refractivity contribution in [1.29, 1.82) is 0 Å². The highest BCUT2D eigenvalue weighted by Gasteiger charge is 2.30. The largest absolute Gasteiger partial charge is 0.446 e. The zero-order chi connectivity index (χ0) is 18.8. The lowest BCUT2D eigenvalue weighted by Crippen LogP contribution is -2.33. The number of carbonyl (C=O) groups excluding carboxylic acids is 1. The van der Waals surface area contributed by atoms with Crippen molar-refractivity contribution in [3.63, 3.8) is 0 Å². The summed E-state index contributed by atoms with van der Waals surface area (Å²) >= 11 is 0. The Hall–Kier alpha value is -3.10. The van der Waals surface area contributed by atoms with E-state index in [1.165, 1.54) is 0 Å². The van der Waals surface area contributed by atoms with E-state index in [9.17, 15) is 4.79 Å². The fourth-order valence-electron chi connectivity index (χ4n) is 3.44. The van der Waals surface area contributed by atoms with Crippen LogP contribution in [0.5, 0.6) is 0 Å². The second-order valence-corrected chi connectivity index (χ2v) is 7.11. The van der Waals surface area contributed by atoms with E-state index < -0.39 is 0 Å². The van der Waals surface area contributed by atoms with Crippen LogP contribution in [-0.4, -0.2) is 43.0 Å². The Bertz CT molecular complexity index is 933. The van der Waals surface area contributed by atoms with Crippen LogP contribution < -0.4 is 10.6 Å². The van der Waals surface area contributed by atoms with Crippen LogP contribution >= 0.6 is 0 Å². The molecule has 0 aromatic carbocycles. The number of amides is 1. The molecular weight excluding hydrogens is 346 g/mol. The second kappa shape index (κ2) is 7.26. The van der Waals surface area contributed by atoms with Crippen molar-refractivity contribution in [2.45, 2.75) is 51.2 Å². The van der Waals surface area contributed by atoms with E-state index in [0.29, 0.717) is 17.6 Å². The number of aromatic amines is 1. The maximum atomic E-state index is 11.8. The molecule has 0 unspecified atom stereocenters. The second-order valence-electron chi connectivity index (χ2n) is 7.11. The van der Waals surface area contributed by atoms with Crippen LogP contribution in [0.3, 0.4) is 0 Å². The minimum atomic E-state index is -0.345. The summed E-state index contributed by atoms with van der Waals surface area (Å²) in [6.07, 6.45) is 7.42. The summed E-state index contributed by atoms with van der Waals surface area (Å²) < 4.78 is 7.25. The van der Waals surface area contributed by atoms with Crippen LogP contribution in [-0.2, 0) is 4.74 Å². The molecule has 2 atom stereocenters. The molecule has 0 bridgehead atoms. The topological polar surface area (TPSA) is 109 Å². The first-order chi connectivity index (χ1) is 13.1. The summed E-state index contributed by atoms with van der Waals surface area (Å²) in [5.41, 5.74) is 1.92. The zero-order valence-electron chi connectivity index (χ0n) is 15.3. The van der Waals surface area contributed by atoms with Gasteiger partial charge in [-0.25, -0.2) is 14.3 Å². The lowest BCUT2D eigenvalue weighted by molar-refractivity contribution is 0.0981. The van der Waals surface area contributed by atoms with Crippen LogP contribution in [0.15, 0.2) is 30.7 Å². The number of carbonyl (C=O) groups is 1. The quantitative estimate of drug-likeness (QED) is 0.638. The number of fused-ring (bicyclic) bond motifs is 1. The molecule has 142 valence electrons. The van der Waals surface area contributed by atoms with Gasteiger partial charge in [-0.1, -0.05) is 0 Å². The maximum absolute atomic E-state index is 11.8. The number of nitrogens with zero attached hydrogens (tertiary/aromatic N) is 4. The van der Waals surface area contributed by atoms with E-state index in [1.807, 2.05) is 26.0 Å². The Morgan fingerprint density at radius 2 is 2.26 bits per heavy atom. The number of anilines is 2. The average Bonchev–Trinajstić information content (AvgIpc) is 3.33. The van der Waals surface area contributed by atoms with E-state index >= 15 is 0 Å². The van der Waals surface area contributed by atoms with Crippen molar-refractivity contribution in [2.75, 3.05) is 5.32 Å². The maximum Gasteiger partial charge on any atom is 0.407 e. The summed E-state index contributed by atoms with van der Waals surface area (Å²) in [6, 6.07) is 3.96. The number of rotatable bonds is 5. The van der Waals surface area contributed by atoms with Gasteiger partial charge in [0, 0.05) is 36.1 Å². The van der Waals surface area contributed by atoms with Gasteiger partial charge >= 0.3 is 6.09 Å². The highest BCUT2D eigenvalue weighted by Crippen LogP contribution is 2.36. The Kier molecular flexibility index (Phi) is 4.66. The van der Waals surface area contributed by atoms with Gasteiger partial charge in [0.25, 0.3) is 0 Å². The minimum absolute atomic E-state index is 0.0596. The van der Waals surface area contributed by atoms with Gasteiger partial charge in [0.1, 0.15) is 11.6 Å². The normalized spacial score (nSPS) is 19.5. The fraction of sp³-hybridized carbons (Fsp3) is 0.444. The van der Waals surface area contributed by atoms with Crippen LogP contribution in [0.1, 0.15) is 44.7 Å². The SMILES string of the molecule is CC(C)NC(=O)O[C@@H]1CC[C@H](c2cc(Nc3nccn4nccc34)n[nH]2)C1. The Morgan fingerprint density at radius 1 is 1.37 bits per heavy atom. The summed E-state index contributed by atoms with van der Waals surface area (Å²) in [5.74, 6) is 1.70. The Morgan fingerprint density at radius 3 is 3.11 bits per heavy atom. The molecule has 1 aliphatic carbocycles. The van der Waals surface area contributed by atoms with Crippen molar-refractivity contribution < 1.29 is 9.53 Å². The molecule has 0 saturated heterocycles. The first kappa shape index (κ1) is 17.3. The molecule has 1 saturated carbocycles. The standard InChI is InChI=1S/C18H23N7O2/c1-11(2)21-18(26)27-13-4-3-12(9-13)14-10-16(24-23-14)22-17-15-5-6-20-25(15)8-7-19-17/h5-8,10-13H,3-4,9H2,1-2H3,(H,21,26)(H2,19,22,23,24)/t12-,13+/m0/s1. The third-order valence-electron chi connectivity index (χ3n) is 4.67. The first-order valence-corrected chi connectivity index (χ1v) is 9.16. The predicted molar refractivity (Wildman–Crippen MR) is 100.0 cm³/mol. The number of aromatic nitrogens is 5. The lowest BCUT2D eigenvalue weighted by Gasteiger charge is -2.14. The summed E-state index contributed by atoms with van der Waals surface area (Å²) in [7, 11) is 0. The lowest BCUT2D eigenvalue weighted by atomic mass is 10.0. The first-order valence-electron chi connectivity index (χ1n) is 9.16. The summed E-state index contributed by atoms with van der Waals surface area (Å²) in [5, 5.41) is 17.6. The van der Waals surface area contributed by atoms with Gasteiger partial charge in [-0.15, -0.1) is 0 Å². The number of hydrogen-bond donors (Lipinski definition) is 3. The fourth-order valence-corrected chi connectivity index (χ4v) is 3.44. The molecule has 27 heavy (non-hydrogen) atoms. The average molecular weight is 369 g/mol. The third kappa shape index (κ3) is 3.86. The summed E-state index contributed by atoms with van der Waals surface area (Å²) in [6.45, 7) is 3.83. The Labute approximate surface area is 156 Å². The van der Waals surface area contributed by atoms with E-state index in [4.69, 9.17) is 4.74 Å². The van der Waals surface area contributed by atoms with Crippen molar-refractivity contribution in [3.8, 4) is 0 Å². The molecule has 1 fully saturated rings. The molecule has 3 heterocycles. The number of nitrogens with one attached hydrogen (secondary N) is 3. The molecule has 9 heteroatoms. The van der Waals surface area contributed by atoms with Gasteiger partial charge in [0.15, 0.2) is 11.6 Å². The van der Waals surface area contributed by atoms with Crippen molar-refractivity contribution in [2.24, 2.45) is 0 Å². The molecule has 0 radical (unpaired) electrons. The van der Waals surface area contributed by atoms with Crippen LogP contribution in [0, 0.1) is 0 Å². The molecule has 3 aromatic heterocycles. The van der Waals surface area contributed by atoms with E-state index in [2.05, 4.69) is 30.9 Å². The van der Waals surface area contributed by atoms with E-state index in [-0.39, 0.29) is 18.2 Å². The van der Waals surface area contributed by atoms with Gasteiger partial charge in [0.2, 0.25) is 0 Å². The van der Waals surface area contributed by atoms with Crippen molar-refractivity contribution in [1.82, 2.24) is 30.1 Å². The highest BCUT2D eigenvalue weighted by molar-refractivity contribution is 5.71. The summed E-state index contributed by atoms with van der Waals surface area (Å²) in [4.78, 5) is 16.1. The molecule has 0 spiro atoms. The predicted octanol–water partition coefficient (Wildman–Crippen LogP) is 2.97. The molecule has 0 aliphatic heterocycles. The van der Waals surface area contributed by atoms with Crippen molar-refractivity contribution >= 4 is 23.2 Å². The smallest absolute Gasteiger partial charge is 0.407 e. The van der Waals surface area contributed by atoms with Gasteiger partial charge < -0.3 is 15.4 Å². The molecule has 9 nitrogen and oxygen atoms in total. The molecule has 1 amide bonds. The molecule has 4 rings (SSSR count). The van der Waals surface area contributed by atoms with Crippen LogP contribution in [0.25, 0.3) is 5.52 Å². The van der Waals surface area contributed by atoms with E-state index in [1.54, 1.807) is 23.1 Å². The number of ether oxygens (including phenoxy) is 1. The van der Waals surface area contributed by atoms with Gasteiger partial charge in [-0.05, 0) is 39.2 Å². The van der Waals surface area contributed by atoms with Gasteiger partial charge in [0.05, 0.1) is 6.20 Å². The monoisotopic (exact) mass is 369 g/mol. The zero-order valence-corrected chi connectivity index (χ0v) is 15.3. The van der Waals surface area contributed by atoms with Crippen molar-refractivity contribution in [3.05, 3.63) is 36.4 Å². The third-order valence-corrected chi connectivity index (χ3v) is 4.67.